The van der Waals surface area contributed by atoms with E-state index >= 15 is 0 Å². The smallest absolute Gasteiger partial charge is 0.00557 e. The Balaban J connectivity index is 2.21. The fourth-order valence-electron chi connectivity index (χ4n) is 1.53. The molecule has 1 aliphatic rings. The molecule has 1 aromatic rings. The Kier molecular flexibility index (Phi) is 2.08. The zero-order chi connectivity index (χ0) is 8.23. The highest BCUT2D eigenvalue weighted by atomic mass is 14.1. The third kappa shape index (κ3) is 1.48. The molecule has 0 fully saturated rings. The molecule has 0 saturated heterocycles. The normalized spacial score (nSPS) is 21.2. The van der Waals surface area contributed by atoms with Gasteiger partial charge in [-0.25, -0.2) is 0 Å². The average molecular weight is 156 g/mol. The summed E-state index contributed by atoms with van der Waals surface area (Å²) in [4.78, 5) is 0. The van der Waals surface area contributed by atoms with Crippen LogP contribution in [-0.4, -0.2) is 0 Å². The zero-order valence-electron chi connectivity index (χ0n) is 6.98. The van der Waals surface area contributed by atoms with Gasteiger partial charge in [0.15, 0.2) is 0 Å². The molecule has 2 rings (SSSR count). The van der Waals surface area contributed by atoms with E-state index in [0.717, 1.165) is 6.42 Å². The molecule has 1 aliphatic carbocycles. The molecule has 0 bridgehead atoms. The van der Waals surface area contributed by atoms with E-state index in [1.165, 1.54) is 5.56 Å². The van der Waals surface area contributed by atoms with Gasteiger partial charge in [0.2, 0.25) is 0 Å². The summed E-state index contributed by atoms with van der Waals surface area (Å²) in [5, 5.41) is 0. The van der Waals surface area contributed by atoms with Crippen molar-refractivity contribution >= 4 is 0 Å². The van der Waals surface area contributed by atoms with Crippen molar-refractivity contribution in [1.29, 1.82) is 0 Å². The molecule has 0 aromatic heterocycles. The molecule has 0 aliphatic heterocycles. The van der Waals surface area contributed by atoms with Gasteiger partial charge in [0.25, 0.3) is 0 Å². The van der Waals surface area contributed by atoms with Gasteiger partial charge >= 0.3 is 0 Å². The minimum absolute atomic E-state index is 0.594. The van der Waals surface area contributed by atoms with Crippen LogP contribution < -0.4 is 0 Å². The molecule has 1 atom stereocenters. The first-order valence-corrected chi connectivity index (χ1v) is 4.35. The van der Waals surface area contributed by atoms with Gasteiger partial charge in [0.1, 0.15) is 0 Å². The van der Waals surface area contributed by atoms with Crippen LogP contribution in [0.4, 0.5) is 0 Å². The van der Waals surface area contributed by atoms with E-state index in [-0.39, 0.29) is 0 Å². The molecule has 0 N–H and O–H groups in total. The minimum Gasteiger partial charge on any atom is -0.0836 e. The third-order valence-electron chi connectivity index (χ3n) is 2.21. The van der Waals surface area contributed by atoms with E-state index in [9.17, 15) is 0 Å². The van der Waals surface area contributed by atoms with Crippen LogP contribution in [0.15, 0.2) is 54.6 Å². The van der Waals surface area contributed by atoms with E-state index in [1.54, 1.807) is 0 Å². The lowest BCUT2D eigenvalue weighted by Crippen LogP contribution is -1.94. The molecule has 0 amide bonds. The number of allylic oxidation sites excluding steroid dienone is 4. The highest BCUT2D eigenvalue weighted by molar-refractivity contribution is 5.28. The van der Waals surface area contributed by atoms with Crippen LogP contribution >= 0.6 is 0 Å². The highest BCUT2D eigenvalue weighted by Gasteiger charge is 2.06. The Labute approximate surface area is 73.2 Å². The second-order valence-corrected chi connectivity index (χ2v) is 3.07. The summed E-state index contributed by atoms with van der Waals surface area (Å²) in [7, 11) is 0. The quantitative estimate of drug-likeness (QED) is 0.585. The molecule has 0 saturated carbocycles. The van der Waals surface area contributed by atoms with Gasteiger partial charge in [-0.15, -0.1) is 0 Å². The largest absolute Gasteiger partial charge is 0.0836 e. The summed E-state index contributed by atoms with van der Waals surface area (Å²) in [5.74, 6) is 0.594. The van der Waals surface area contributed by atoms with Gasteiger partial charge in [0.05, 0.1) is 0 Å². The van der Waals surface area contributed by atoms with E-state index < -0.39 is 0 Å². The predicted octanol–water partition coefficient (Wildman–Crippen LogP) is 3.29. The topological polar surface area (TPSA) is 0 Å². The molecule has 60 valence electrons. The van der Waals surface area contributed by atoms with Crippen LogP contribution in [0, 0.1) is 0 Å². The van der Waals surface area contributed by atoms with Crippen LogP contribution in [-0.2, 0) is 0 Å². The van der Waals surface area contributed by atoms with Crippen molar-refractivity contribution in [3.63, 3.8) is 0 Å². The molecule has 1 unspecified atom stereocenters. The van der Waals surface area contributed by atoms with Crippen molar-refractivity contribution in [2.75, 3.05) is 0 Å². The Hall–Kier alpha value is -1.30. The Morgan fingerprint density at radius 1 is 1.00 bits per heavy atom. The first-order valence-electron chi connectivity index (χ1n) is 4.35. The summed E-state index contributed by atoms with van der Waals surface area (Å²) in [6.45, 7) is 0. The lowest BCUT2D eigenvalue weighted by atomic mass is 9.93. The Morgan fingerprint density at radius 3 is 2.50 bits per heavy atom. The van der Waals surface area contributed by atoms with Gasteiger partial charge in [-0.1, -0.05) is 54.6 Å². The van der Waals surface area contributed by atoms with Crippen LogP contribution in [0.5, 0.6) is 0 Å². The van der Waals surface area contributed by atoms with Crippen molar-refractivity contribution < 1.29 is 0 Å². The monoisotopic (exact) mass is 156 g/mol. The van der Waals surface area contributed by atoms with Gasteiger partial charge in [-0.3, -0.25) is 0 Å². The van der Waals surface area contributed by atoms with Crippen LogP contribution in [0.25, 0.3) is 0 Å². The van der Waals surface area contributed by atoms with Crippen molar-refractivity contribution in [1.82, 2.24) is 0 Å². The number of benzene rings is 1. The van der Waals surface area contributed by atoms with Gasteiger partial charge in [-0.2, -0.15) is 0 Å². The van der Waals surface area contributed by atoms with E-state index in [4.69, 9.17) is 0 Å². The summed E-state index contributed by atoms with van der Waals surface area (Å²) < 4.78 is 0. The maximum absolute atomic E-state index is 2.26. The van der Waals surface area contributed by atoms with Crippen molar-refractivity contribution in [2.45, 2.75) is 12.3 Å². The molecule has 0 spiro atoms. The molecular formula is C12H12. The molecule has 0 radical (unpaired) electrons. The third-order valence-corrected chi connectivity index (χ3v) is 2.21. The second kappa shape index (κ2) is 3.40. The summed E-state index contributed by atoms with van der Waals surface area (Å²) in [5.41, 5.74) is 1.41. The highest BCUT2D eigenvalue weighted by Crippen LogP contribution is 2.23. The number of hydrogen-bond donors (Lipinski definition) is 0. The van der Waals surface area contributed by atoms with Gasteiger partial charge < -0.3 is 0 Å². The number of hydrogen-bond acceptors (Lipinski definition) is 0. The number of rotatable bonds is 1. The molecule has 12 heavy (non-hydrogen) atoms. The molecule has 0 heteroatoms. The molecule has 1 aromatic carbocycles. The van der Waals surface area contributed by atoms with Crippen molar-refractivity contribution in [3.05, 3.63) is 60.2 Å². The SMILES string of the molecule is C1=CCC(c2ccccc2)C=C1. The van der Waals surface area contributed by atoms with Gasteiger partial charge in [0, 0.05) is 5.92 Å². The summed E-state index contributed by atoms with van der Waals surface area (Å²) in [6.07, 6.45) is 9.86. The average Bonchev–Trinajstić information content (AvgIpc) is 2.21. The van der Waals surface area contributed by atoms with E-state index in [1.807, 2.05) is 0 Å². The molecule has 0 nitrogen and oxygen atoms in total. The summed E-state index contributed by atoms with van der Waals surface area (Å²) >= 11 is 0. The standard InChI is InChI=1S/C12H12/c1-3-7-11(8-4-1)12-9-5-2-6-10-12/h1-9,12H,10H2. The van der Waals surface area contributed by atoms with Crippen LogP contribution in [0.2, 0.25) is 0 Å². The molecular weight excluding hydrogens is 144 g/mol. The lowest BCUT2D eigenvalue weighted by Gasteiger charge is -2.12. The van der Waals surface area contributed by atoms with Crippen LogP contribution in [0.1, 0.15) is 17.9 Å². The van der Waals surface area contributed by atoms with E-state index in [0.29, 0.717) is 5.92 Å². The second-order valence-electron chi connectivity index (χ2n) is 3.07. The fourth-order valence-corrected chi connectivity index (χ4v) is 1.53. The van der Waals surface area contributed by atoms with E-state index in [2.05, 4.69) is 54.6 Å². The lowest BCUT2D eigenvalue weighted by molar-refractivity contribution is 0.854. The van der Waals surface area contributed by atoms with Crippen molar-refractivity contribution in [3.8, 4) is 0 Å². The Bertz CT molecular complexity index is 293. The first kappa shape index (κ1) is 7.35. The Morgan fingerprint density at radius 2 is 1.83 bits per heavy atom. The predicted molar refractivity (Wildman–Crippen MR) is 52.1 cm³/mol. The van der Waals surface area contributed by atoms with Crippen molar-refractivity contribution in [2.24, 2.45) is 0 Å². The minimum atomic E-state index is 0.594. The van der Waals surface area contributed by atoms with Gasteiger partial charge in [-0.05, 0) is 12.0 Å². The summed E-state index contributed by atoms with van der Waals surface area (Å²) in [6, 6.07) is 10.6. The molecule has 0 heterocycles. The fraction of sp³-hybridized carbons (Fsp3) is 0.167. The maximum Gasteiger partial charge on any atom is 0.00557 e. The first-order chi connectivity index (χ1) is 5.97. The zero-order valence-corrected chi connectivity index (χ0v) is 6.98. The van der Waals surface area contributed by atoms with Crippen LogP contribution in [0.3, 0.4) is 0 Å². The maximum atomic E-state index is 2.26.